The Morgan fingerprint density at radius 1 is 0.638 bits per heavy atom. The minimum Gasteiger partial charge on any atom is -0.462 e. The molecule has 270 valence electrons. The first kappa shape index (κ1) is 44.7. The number of carbonyl (C=O) groups excluding carboxylic acids is 2. The van der Waals surface area contributed by atoms with Gasteiger partial charge in [0.1, 0.15) is 6.61 Å². The quantitative estimate of drug-likeness (QED) is 0.0283. The third-order valence-electron chi connectivity index (χ3n) is 7.08. The van der Waals surface area contributed by atoms with Gasteiger partial charge >= 0.3 is 19.8 Å². The Labute approximate surface area is 284 Å². The molecule has 0 amide bonds. The van der Waals surface area contributed by atoms with E-state index in [-0.39, 0.29) is 25.6 Å². The van der Waals surface area contributed by atoms with Crippen molar-refractivity contribution in [2.75, 3.05) is 13.2 Å². The summed E-state index contributed by atoms with van der Waals surface area (Å²) in [5.41, 5.74) is 0. The summed E-state index contributed by atoms with van der Waals surface area (Å²) in [6, 6.07) is 0. The van der Waals surface area contributed by atoms with Crippen molar-refractivity contribution in [2.45, 2.75) is 148 Å². The van der Waals surface area contributed by atoms with Gasteiger partial charge in [-0.25, -0.2) is 4.57 Å². The SMILES string of the molecule is CCCC/C=C\CCCCCCCC(=O)OC[C@H](COP(=O)(O)O)OC(=O)CCC/C=C\C/C=C\C/C=C\C/C=C\[C@H](O)CCCC. The van der Waals surface area contributed by atoms with Crippen LogP contribution < -0.4 is 0 Å². The predicted octanol–water partition coefficient (Wildman–Crippen LogP) is 9.14. The fourth-order valence-corrected chi connectivity index (χ4v) is 4.72. The van der Waals surface area contributed by atoms with Crippen LogP contribution in [0.3, 0.4) is 0 Å². The Hall–Kier alpha value is -2.29. The van der Waals surface area contributed by atoms with Gasteiger partial charge in [-0.15, -0.1) is 0 Å². The highest BCUT2D eigenvalue weighted by Crippen LogP contribution is 2.35. The molecular weight excluding hydrogens is 619 g/mol. The van der Waals surface area contributed by atoms with E-state index in [1.54, 1.807) is 0 Å². The topological polar surface area (TPSA) is 140 Å². The largest absolute Gasteiger partial charge is 0.469 e. The number of esters is 2. The van der Waals surface area contributed by atoms with Crippen molar-refractivity contribution < 1.29 is 43.0 Å². The van der Waals surface area contributed by atoms with Gasteiger partial charge in [0.2, 0.25) is 0 Å². The molecule has 0 aromatic heterocycles. The van der Waals surface area contributed by atoms with Crippen LogP contribution >= 0.6 is 7.82 Å². The molecule has 0 saturated heterocycles. The first-order valence-corrected chi connectivity index (χ1v) is 19.2. The Morgan fingerprint density at radius 2 is 1.17 bits per heavy atom. The summed E-state index contributed by atoms with van der Waals surface area (Å²) in [4.78, 5) is 42.5. The van der Waals surface area contributed by atoms with Gasteiger partial charge in [0, 0.05) is 12.8 Å². The molecule has 0 unspecified atom stereocenters. The molecular formula is C37H63O9P. The van der Waals surface area contributed by atoms with Crippen molar-refractivity contribution in [3.05, 3.63) is 60.8 Å². The van der Waals surface area contributed by atoms with E-state index < -0.39 is 32.5 Å². The van der Waals surface area contributed by atoms with Gasteiger partial charge in [-0.1, -0.05) is 120 Å². The molecule has 0 bridgehead atoms. The number of carbonyl (C=O) groups is 2. The Morgan fingerprint density at radius 3 is 1.83 bits per heavy atom. The van der Waals surface area contributed by atoms with Gasteiger partial charge in [-0.2, -0.15) is 0 Å². The van der Waals surface area contributed by atoms with E-state index in [2.05, 4.69) is 54.8 Å². The van der Waals surface area contributed by atoms with E-state index in [1.807, 2.05) is 24.3 Å². The highest BCUT2D eigenvalue weighted by Gasteiger charge is 2.22. The summed E-state index contributed by atoms with van der Waals surface area (Å²) < 4.78 is 26.1. The molecule has 10 heteroatoms. The number of hydrogen-bond donors (Lipinski definition) is 3. The third kappa shape index (κ3) is 34.9. The maximum atomic E-state index is 12.3. The first-order valence-electron chi connectivity index (χ1n) is 17.7. The summed E-state index contributed by atoms with van der Waals surface area (Å²) in [5, 5.41) is 9.77. The standard InChI is InChI=1S/C37H63O9P/c1-3-5-7-8-9-10-13-17-20-23-26-30-36(39)44-32-35(33-45-47(41,42)43)46-37(40)31-27-24-21-18-15-12-11-14-16-19-22-25-29-34(38)28-6-4-2/h8-9,11-12,16,18-19,21,25,29,34-35,38H,3-7,10,13-15,17,20,22-24,26-28,30-33H2,1-2H3,(H2,41,42,43)/b9-8-,12-11-,19-16-,21-18-,29-25-/t34-,35-/m1/s1. The monoisotopic (exact) mass is 682 g/mol. The number of unbranched alkanes of at least 4 members (excludes halogenated alkanes) is 9. The number of rotatable bonds is 31. The van der Waals surface area contributed by atoms with Crippen LogP contribution in [0.1, 0.15) is 136 Å². The lowest BCUT2D eigenvalue weighted by Gasteiger charge is -2.18. The number of phosphoric acid groups is 1. The zero-order valence-corrected chi connectivity index (χ0v) is 29.9. The van der Waals surface area contributed by atoms with Crippen LogP contribution in [0.5, 0.6) is 0 Å². The average molecular weight is 683 g/mol. The molecule has 0 aromatic rings. The summed E-state index contributed by atoms with van der Waals surface area (Å²) in [5.74, 6) is -0.992. The van der Waals surface area contributed by atoms with Crippen LogP contribution in [0.4, 0.5) is 0 Å². The summed E-state index contributed by atoms with van der Waals surface area (Å²) in [7, 11) is -4.77. The number of phosphoric ester groups is 1. The van der Waals surface area contributed by atoms with E-state index in [1.165, 1.54) is 12.8 Å². The maximum absolute atomic E-state index is 12.3. The van der Waals surface area contributed by atoms with Gasteiger partial charge in [0.15, 0.2) is 6.10 Å². The smallest absolute Gasteiger partial charge is 0.462 e. The van der Waals surface area contributed by atoms with E-state index in [4.69, 9.17) is 19.3 Å². The highest BCUT2D eigenvalue weighted by atomic mass is 31.2. The molecule has 0 fully saturated rings. The third-order valence-corrected chi connectivity index (χ3v) is 7.56. The van der Waals surface area contributed by atoms with Crippen molar-refractivity contribution in [1.29, 1.82) is 0 Å². The summed E-state index contributed by atoms with van der Waals surface area (Å²) in [6.45, 7) is 3.40. The Kier molecular flexibility index (Phi) is 30.7. The normalized spacial score (nSPS) is 13.9. The van der Waals surface area contributed by atoms with Gasteiger partial charge < -0.3 is 24.4 Å². The van der Waals surface area contributed by atoms with Crippen LogP contribution in [-0.2, 0) is 28.2 Å². The van der Waals surface area contributed by atoms with E-state index in [9.17, 15) is 19.3 Å². The number of ether oxygens (including phenoxy) is 2. The molecule has 0 aliphatic rings. The van der Waals surface area contributed by atoms with E-state index in [0.717, 1.165) is 77.0 Å². The fraction of sp³-hybridized carbons (Fsp3) is 0.676. The summed E-state index contributed by atoms with van der Waals surface area (Å²) in [6.07, 6.45) is 35.7. The van der Waals surface area contributed by atoms with Crippen LogP contribution in [-0.4, -0.2) is 52.3 Å². The van der Waals surface area contributed by atoms with E-state index in [0.29, 0.717) is 19.3 Å². The van der Waals surface area contributed by atoms with Crippen LogP contribution in [0, 0.1) is 0 Å². The predicted molar refractivity (Wildman–Crippen MR) is 190 cm³/mol. The van der Waals surface area contributed by atoms with Crippen LogP contribution in [0.15, 0.2) is 60.8 Å². The second-order valence-corrected chi connectivity index (χ2v) is 12.9. The molecule has 0 rings (SSSR count). The van der Waals surface area contributed by atoms with Crippen LogP contribution in [0.2, 0.25) is 0 Å². The fourth-order valence-electron chi connectivity index (χ4n) is 4.36. The van der Waals surface area contributed by atoms with E-state index >= 15 is 0 Å². The molecule has 0 spiro atoms. The molecule has 0 heterocycles. The summed E-state index contributed by atoms with van der Waals surface area (Å²) >= 11 is 0. The Bertz CT molecular complexity index is 965. The minimum absolute atomic E-state index is 0.115. The second kappa shape index (κ2) is 32.3. The zero-order chi connectivity index (χ0) is 34.9. The van der Waals surface area contributed by atoms with Crippen molar-refractivity contribution in [3.8, 4) is 0 Å². The molecule has 0 radical (unpaired) electrons. The van der Waals surface area contributed by atoms with Crippen molar-refractivity contribution in [3.63, 3.8) is 0 Å². The molecule has 47 heavy (non-hydrogen) atoms. The van der Waals surface area contributed by atoms with Crippen molar-refractivity contribution in [2.24, 2.45) is 0 Å². The van der Waals surface area contributed by atoms with Crippen molar-refractivity contribution >= 4 is 19.8 Å². The van der Waals surface area contributed by atoms with Gasteiger partial charge in [0.25, 0.3) is 0 Å². The lowest BCUT2D eigenvalue weighted by Crippen LogP contribution is -2.29. The van der Waals surface area contributed by atoms with Gasteiger partial charge in [-0.05, 0) is 64.2 Å². The minimum atomic E-state index is -4.77. The number of aliphatic hydroxyl groups is 1. The zero-order valence-electron chi connectivity index (χ0n) is 29.0. The number of aliphatic hydroxyl groups excluding tert-OH is 1. The second-order valence-electron chi connectivity index (χ2n) is 11.7. The van der Waals surface area contributed by atoms with Crippen molar-refractivity contribution in [1.82, 2.24) is 0 Å². The lowest BCUT2D eigenvalue weighted by molar-refractivity contribution is -0.161. The molecule has 9 nitrogen and oxygen atoms in total. The molecule has 0 saturated carbocycles. The molecule has 2 atom stereocenters. The average Bonchev–Trinajstić information content (AvgIpc) is 3.03. The first-order chi connectivity index (χ1) is 22.7. The number of allylic oxidation sites excluding steroid dienone is 9. The molecule has 0 aromatic carbocycles. The molecule has 0 aliphatic heterocycles. The van der Waals surface area contributed by atoms with Gasteiger partial charge in [0.05, 0.1) is 12.7 Å². The Balaban J connectivity index is 4.17. The number of hydrogen-bond acceptors (Lipinski definition) is 7. The van der Waals surface area contributed by atoms with Crippen LogP contribution in [0.25, 0.3) is 0 Å². The molecule has 3 N–H and O–H groups in total. The highest BCUT2D eigenvalue weighted by molar-refractivity contribution is 7.46. The van der Waals surface area contributed by atoms with Gasteiger partial charge in [-0.3, -0.25) is 14.1 Å². The lowest BCUT2D eigenvalue weighted by atomic mass is 10.1. The maximum Gasteiger partial charge on any atom is 0.469 e. The molecule has 0 aliphatic carbocycles.